The Bertz CT molecular complexity index is 1410. The lowest BCUT2D eigenvalue weighted by Gasteiger charge is -2.33. The van der Waals surface area contributed by atoms with Gasteiger partial charge >= 0.3 is 0 Å². The SMILES string of the molecule is C[C@@]12CCC3(O1)C(C(=O)NCn1nnc4ccccc41)N(CCCCO)C(=O)[C@@H]3[C@@H]2C(=O)Nc1ccccc1. The zero-order valence-electron chi connectivity index (χ0n) is 21.7. The highest BCUT2D eigenvalue weighted by atomic mass is 16.5. The van der Waals surface area contributed by atoms with Crippen LogP contribution in [0.15, 0.2) is 54.6 Å². The van der Waals surface area contributed by atoms with Crippen molar-refractivity contribution in [3.63, 3.8) is 0 Å². The third kappa shape index (κ3) is 4.07. The number of nitrogens with zero attached hydrogens (tertiary/aromatic N) is 4. The number of ether oxygens (including phenoxy) is 1. The van der Waals surface area contributed by atoms with Gasteiger partial charge < -0.3 is 25.4 Å². The molecule has 204 valence electrons. The van der Waals surface area contributed by atoms with Crippen LogP contribution in [0.4, 0.5) is 5.69 Å². The van der Waals surface area contributed by atoms with Crippen molar-refractivity contribution >= 4 is 34.4 Å². The van der Waals surface area contributed by atoms with E-state index in [2.05, 4.69) is 20.9 Å². The molecule has 3 N–H and O–H groups in total. The molecule has 2 aromatic carbocycles. The smallest absolute Gasteiger partial charge is 0.247 e. The lowest BCUT2D eigenvalue weighted by Crippen LogP contribution is -2.55. The van der Waals surface area contributed by atoms with Crippen molar-refractivity contribution in [3.05, 3.63) is 54.6 Å². The molecule has 11 heteroatoms. The molecule has 0 radical (unpaired) electrons. The predicted octanol–water partition coefficient (Wildman–Crippen LogP) is 1.68. The van der Waals surface area contributed by atoms with E-state index in [9.17, 15) is 19.5 Å². The first kappa shape index (κ1) is 25.4. The molecule has 3 fully saturated rings. The van der Waals surface area contributed by atoms with Crippen LogP contribution in [-0.4, -0.2) is 73.1 Å². The number of fused-ring (bicyclic) bond motifs is 2. The van der Waals surface area contributed by atoms with Crippen molar-refractivity contribution in [2.45, 2.75) is 56.5 Å². The normalized spacial score (nSPS) is 29.1. The van der Waals surface area contributed by atoms with Crippen LogP contribution in [0.25, 0.3) is 11.0 Å². The average Bonchev–Trinajstić information content (AvgIpc) is 3.64. The largest absolute Gasteiger partial charge is 0.396 e. The van der Waals surface area contributed by atoms with E-state index in [-0.39, 0.29) is 37.5 Å². The predicted molar refractivity (Wildman–Crippen MR) is 141 cm³/mol. The molecule has 3 aliphatic heterocycles. The number of benzene rings is 2. The molecular formula is C28H32N6O5. The number of aliphatic hydroxyl groups is 1. The number of unbranched alkanes of at least 4 members (excludes halogenated alkanes) is 1. The van der Waals surface area contributed by atoms with Gasteiger partial charge in [0.1, 0.15) is 23.8 Å². The monoisotopic (exact) mass is 532 g/mol. The molecule has 4 heterocycles. The Morgan fingerprint density at radius 1 is 1.08 bits per heavy atom. The third-order valence-corrected chi connectivity index (χ3v) is 8.48. The number of carbonyl (C=O) groups is 3. The minimum atomic E-state index is -1.11. The van der Waals surface area contributed by atoms with Crippen molar-refractivity contribution < 1.29 is 24.2 Å². The van der Waals surface area contributed by atoms with Gasteiger partial charge in [-0.2, -0.15) is 0 Å². The number of likely N-dealkylation sites (tertiary alicyclic amines) is 1. The number of hydrogen-bond acceptors (Lipinski definition) is 7. The molecule has 0 saturated carbocycles. The van der Waals surface area contributed by atoms with Gasteiger partial charge in [-0.1, -0.05) is 35.5 Å². The Kier molecular flexibility index (Phi) is 6.35. The van der Waals surface area contributed by atoms with Crippen LogP contribution in [0.2, 0.25) is 0 Å². The van der Waals surface area contributed by atoms with Crippen LogP contribution in [0.1, 0.15) is 32.6 Å². The number of aromatic nitrogens is 3. The standard InChI is InChI=1S/C28H32N6O5/c1-27-13-14-28(39-27)22(21(27)24(36)30-18-9-3-2-4-10-18)26(38)33(15-7-8-16-35)23(28)25(37)29-17-34-20-12-6-5-11-19(20)31-32-34/h2-6,9-12,21-23,35H,7-8,13-17H2,1H3,(H,29,37)(H,30,36)/t21-,22+,23?,27+,28?/m1/s1. The van der Waals surface area contributed by atoms with Crippen LogP contribution in [0.5, 0.6) is 0 Å². The number of aliphatic hydroxyl groups excluding tert-OH is 1. The van der Waals surface area contributed by atoms with Crippen molar-refractivity contribution in [2.75, 3.05) is 18.5 Å². The van der Waals surface area contributed by atoms with E-state index in [1.807, 2.05) is 49.4 Å². The summed E-state index contributed by atoms with van der Waals surface area (Å²) in [6, 6.07) is 15.7. The number of carbonyl (C=O) groups excluding carboxylic acids is 3. The van der Waals surface area contributed by atoms with Crippen LogP contribution < -0.4 is 10.6 Å². The molecule has 6 rings (SSSR count). The van der Waals surface area contributed by atoms with Gasteiger partial charge in [0.2, 0.25) is 17.7 Å². The van der Waals surface area contributed by atoms with E-state index >= 15 is 0 Å². The number of para-hydroxylation sites is 2. The molecule has 0 aliphatic carbocycles. The van der Waals surface area contributed by atoms with Gasteiger partial charge in [-0.3, -0.25) is 14.4 Å². The van der Waals surface area contributed by atoms with Gasteiger partial charge in [0.25, 0.3) is 0 Å². The highest BCUT2D eigenvalue weighted by Gasteiger charge is 2.77. The Morgan fingerprint density at radius 2 is 1.85 bits per heavy atom. The summed E-state index contributed by atoms with van der Waals surface area (Å²) in [5, 5.41) is 23.5. The van der Waals surface area contributed by atoms with Gasteiger partial charge in [-0.25, -0.2) is 4.68 Å². The Morgan fingerprint density at radius 3 is 2.64 bits per heavy atom. The summed E-state index contributed by atoms with van der Waals surface area (Å²) in [4.78, 5) is 43.0. The molecule has 39 heavy (non-hydrogen) atoms. The number of rotatable bonds is 9. The van der Waals surface area contributed by atoms with E-state index in [1.165, 1.54) is 0 Å². The van der Waals surface area contributed by atoms with E-state index in [0.717, 1.165) is 5.52 Å². The van der Waals surface area contributed by atoms with Gasteiger partial charge in [-0.15, -0.1) is 5.10 Å². The third-order valence-electron chi connectivity index (χ3n) is 8.48. The number of hydrogen-bond donors (Lipinski definition) is 3. The summed E-state index contributed by atoms with van der Waals surface area (Å²) in [5.41, 5.74) is 0.154. The fourth-order valence-electron chi connectivity index (χ4n) is 6.79. The summed E-state index contributed by atoms with van der Waals surface area (Å²) in [7, 11) is 0. The quantitative estimate of drug-likeness (QED) is 0.357. The maximum atomic E-state index is 14.0. The summed E-state index contributed by atoms with van der Waals surface area (Å²) >= 11 is 0. The first-order valence-corrected chi connectivity index (χ1v) is 13.4. The maximum absolute atomic E-state index is 14.0. The minimum Gasteiger partial charge on any atom is -0.396 e. The molecule has 3 saturated heterocycles. The van der Waals surface area contributed by atoms with Crippen LogP contribution in [-0.2, 0) is 25.8 Å². The Balaban J connectivity index is 1.29. The molecule has 1 spiro atoms. The van der Waals surface area contributed by atoms with Gasteiger partial charge in [-0.05, 0) is 56.9 Å². The van der Waals surface area contributed by atoms with E-state index in [1.54, 1.807) is 21.7 Å². The van der Waals surface area contributed by atoms with E-state index < -0.39 is 29.1 Å². The highest BCUT2D eigenvalue weighted by molar-refractivity contribution is 6.02. The van der Waals surface area contributed by atoms with Crippen LogP contribution in [0, 0.1) is 11.8 Å². The van der Waals surface area contributed by atoms with Crippen LogP contribution >= 0.6 is 0 Å². The van der Waals surface area contributed by atoms with Gasteiger partial charge in [0, 0.05) is 18.8 Å². The zero-order valence-corrected chi connectivity index (χ0v) is 21.7. The first-order chi connectivity index (χ1) is 18.9. The second-order valence-electron chi connectivity index (χ2n) is 10.8. The topological polar surface area (TPSA) is 139 Å². The maximum Gasteiger partial charge on any atom is 0.247 e. The fraction of sp³-hybridized carbons (Fsp3) is 0.464. The number of anilines is 1. The summed E-state index contributed by atoms with van der Waals surface area (Å²) in [6.07, 6.45) is 2.08. The molecule has 2 unspecified atom stereocenters. The highest BCUT2D eigenvalue weighted by Crippen LogP contribution is 2.63. The van der Waals surface area contributed by atoms with Crippen molar-refractivity contribution in [3.8, 4) is 0 Å². The molecule has 3 amide bonds. The number of amides is 3. The molecular weight excluding hydrogens is 500 g/mol. The first-order valence-electron chi connectivity index (χ1n) is 13.4. The van der Waals surface area contributed by atoms with Gasteiger partial charge in [0.15, 0.2) is 0 Å². The Hall–Kier alpha value is -3.83. The van der Waals surface area contributed by atoms with E-state index in [4.69, 9.17) is 4.74 Å². The molecule has 3 aromatic rings. The summed E-state index contributed by atoms with van der Waals surface area (Å²) in [5.74, 6) is -2.42. The second kappa shape index (κ2) is 9.73. The summed E-state index contributed by atoms with van der Waals surface area (Å²) in [6.45, 7) is 2.22. The lowest BCUT2D eigenvalue weighted by molar-refractivity contribution is -0.145. The minimum absolute atomic E-state index is 0.0104. The summed E-state index contributed by atoms with van der Waals surface area (Å²) < 4.78 is 8.22. The average molecular weight is 533 g/mol. The zero-order chi connectivity index (χ0) is 27.2. The van der Waals surface area contributed by atoms with Crippen molar-refractivity contribution in [2.24, 2.45) is 11.8 Å². The van der Waals surface area contributed by atoms with E-state index in [0.29, 0.717) is 36.9 Å². The van der Waals surface area contributed by atoms with Crippen molar-refractivity contribution in [1.29, 1.82) is 0 Å². The molecule has 3 aliphatic rings. The fourth-order valence-corrected chi connectivity index (χ4v) is 6.79. The molecule has 1 aromatic heterocycles. The molecule has 2 bridgehead atoms. The second-order valence-corrected chi connectivity index (χ2v) is 10.8. The van der Waals surface area contributed by atoms with Crippen LogP contribution in [0.3, 0.4) is 0 Å². The number of nitrogens with one attached hydrogen (secondary N) is 2. The molecule has 5 atom stereocenters. The Labute approximate surface area is 225 Å². The lowest BCUT2D eigenvalue weighted by atomic mass is 9.66. The van der Waals surface area contributed by atoms with Gasteiger partial charge in [0.05, 0.1) is 23.0 Å². The van der Waals surface area contributed by atoms with Crippen molar-refractivity contribution in [1.82, 2.24) is 25.2 Å². The molecule has 11 nitrogen and oxygen atoms in total.